The monoisotopic (exact) mass is 1720 g/mol. The molecule has 0 aliphatic carbocycles. The van der Waals surface area contributed by atoms with E-state index in [0.29, 0.717) is 17.0 Å². The van der Waals surface area contributed by atoms with Crippen molar-refractivity contribution in [3.63, 3.8) is 0 Å². The maximum atomic E-state index is 13.3. The van der Waals surface area contributed by atoms with E-state index in [1.165, 1.54) is 41.5 Å². The Morgan fingerprint density at radius 2 is 0.629 bits per heavy atom. The van der Waals surface area contributed by atoms with Gasteiger partial charge in [-0.15, -0.1) is 13.2 Å². The van der Waals surface area contributed by atoms with Crippen LogP contribution < -0.4 is 4.74 Å². The van der Waals surface area contributed by atoms with Crippen molar-refractivity contribution in [3.8, 4) is 5.75 Å². The molecule has 28 heteroatoms. The fraction of sp³-hybridized carbons (Fsp3) is 0.489. The highest BCUT2D eigenvalue weighted by Gasteiger charge is 2.40. The first-order chi connectivity index (χ1) is 51.4. The number of aryl methyl sites for hydroxylation is 1. The Balaban J connectivity index is 0.000000665. The van der Waals surface area contributed by atoms with Gasteiger partial charge in [0.25, 0.3) is 0 Å². The Kier molecular flexibility index (Phi) is 36.4. The second-order valence-corrected chi connectivity index (χ2v) is 36.6. The van der Waals surface area contributed by atoms with Crippen LogP contribution in [0, 0.1) is 18.6 Å². The molecule has 3 nitrogen and oxygen atoms in total. The Morgan fingerprint density at radius 3 is 0.966 bits per heavy atom. The number of nitrogens with zero attached hydrogens (tertiary/aromatic N) is 1. The summed E-state index contributed by atoms with van der Waals surface area (Å²) in [6.07, 6.45) is -32.0. The SMILES string of the molecule is CC(C)(C)c1cc(C(F)(F)F)cc(C(F)(F)F)c1.CC(C)(C)c1cc(C(F)(F)F)ccc1F.CC(C)(C)c1ccc(C(F)(F)F)cc1Cl.CC(C)(C)c1ccc(Cl)c(C(F)(F)F)c1.CC(C)(C)c1ccc(F)c(C(F)(F)F)c1.CC(C)(C)c1cccc(OC(F)(F)F)c1.CC(C)c1cccc(C(C)(C)C)c1.Cc1cc(C(C)(C)C)no1. The van der Waals surface area contributed by atoms with Gasteiger partial charge in [0.15, 0.2) is 0 Å². The van der Waals surface area contributed by atoms with Crippen LogP contribution in [0.25, 0.3) is 0 Å². The van der Waals surface area contributed by atoms with E-state index in [1.54, 1.807) is 80.5 Å². The molecule has 1 heterocycles. The predicted octanol–water partition coefficient (Wildman–Crippen LogP) is 32.9. The Labute approximate surface area is 677 Å². The third-order valence-corrected chi connectivity index (χ3v) is 17.3. The topological polar surface area (TPSA) is 35.3 Å². The molecule has 1 aromatic heterocycles. The first-order valence-corrected chi connectivity index (χ1v) is 36.8. The molecule has 8 rings (SSSR count). The highest BCUT2D eigenvalue weighted by Crippen LogP contribution is 2.43. The van der Waals surface area contributed by atoms with E-state index in [2.05, 4.69) is 89.5 Å². The molecule has 7 aromatic carbocycles. The lowest BCUT2D eigenvalue weighted by molar-refractivity contribution is -0.274. The average Bonchev–Trinajstić information content (AvgIpc) is 1.13. The van der Waals surface area contributed by atoms with Gasteiger partial charge < -0.3 is 9.26 Å². The van der Waals surface area contributed by atoms with Gasteiger partial charge in [-0.1, -0.05) is 263 Å². The molecule has 0 N–H and O–H groups in total. The summed E-state index contributed by atoms with van der Waals surface area (Å²) in [5.74, 6) is -0.492. The van der Waals surface area contributed by atoms with Gasteiger partial charge in [0.05, 0.1) is 44.1 Å². The minimum atomic E-state index is -4.79. The highest BCUT2D eigenvalue weighted by atomic mass is 35.5. The van der Waals surface area contributed by atoms with Gasteiger partial charge in [0.1, 0.15) is 23.1 Å². The van der Waals surface area contributed by atoms with Crippen molar-refractivity contribution in [1.82, 2.24) is 5.16 Å². The summed E-state index contributed by atoms with van der Waals surface area (Å²) in [5.41, 5.74) is -1.67. The van der Waals surface area contributed by atoms with Gasteiger partial charge in [-0.3, -0.25) is 0 Å². The van der Waals surface area contributed by atoms with E-state index < -0.39 is 105 Å². The van der Waals surface area contributed by atoms with E-state index in [9.17, 15) is 101 Å². The number of hydrogen-bond donors (Lipinski definition) is 0. The number of rotatable bonds is 2. The van der Waals surface area contributed by atoms with Gasteiger partial charge >= 0.3 is 43.4 Å². The van der Waals surface area contributed by atoms with Gasteiger partial charge in [-0.2, -0.15) is 79.0 Å². The summed E-state index contributed by atoms with van der Waals surface area (Å²) in [6, 6.07) is 31.7. The molecule has 0 atom stereocenters. The molecule has 116 heavy (non-hydrogen) atoms. The zero-order valence-electron chi connectivity index (χ0n) is 70.1. The molecule has 0 aliphatic heterocycles. The summed E-state index contributed by atoms with van der Waals surface area (Å²) in [7, 11) is 0. The van der Waals surface area contributed by atoms with Crippen molar-refractivity contribution in [2.24, 2.45) is 0 Å². The van der Waals surface area contributed by atoms with Crippen molar-refractivity contribution >= 4 is 23.2 Å². The van der Waals surface area contributed by atoms with Gasteiger partial charge in [0.2, 0.25) is 0 Å². The highest BCUT2D eigenvalue weighted by molar-refractivity contribution is 6.31. The largest absolute Gasteiger partial charge is 0.573 e. The lowest BCUT2D eigenvalue weighted by Gasteiger charge is -2.22. The molecule has 0 radical (unpaired) electrons. The summed E-state index contributed by atoms with van der Waals surface area (Å²) < 4.78 is 295. The van der Waals surface area contributed by atoms with Crippen LogP contribution >= 0.6 is 23.2 Å². The lowest BCUT2D eigenvalue weighted by Crippen LogP contribution is -2.18. The lowest BCUT2D eigenvalue weighted by atomic mass is 9.85. The molecule has 0 fully saturated rings. The third kappa shape index (κ3) is 37.2. The summed E-state index contributed by atoms with van der Waals surface area (Å²) in [6.45, 7) is 51.6. The Hall–Kier alpha value is -7.48. The average molecular weight is 1720 g/mol. The zero-order valence-corrected chi connectivity index (χ0v) is 71.7. The summed E-state index contributed by atoms with van der Waals surface area (Å²) >= 11 is 11.3. The summed E-state index contributed by atoms with van der Waals surface area (Å²) in [5, 5.41) is 3.82. The fourth-order valence-corrected chi connectivity index (χ4v) is 10.3. The predicted molar refractivity (Wildman–Crippen MR) is 417 cm³/mol. The Bertz CT molecular complexity index is 4140. The molecule has 650 valence electrons. The second-order valence-electron chi connectivity index (χ2n) is 35.7. The van der Waals surface area contributed by atoms with Crippen molar-refractivity contribution in [3.05, 3.63) is 257 Å². The second kappa shape index (κ2) is 39.6. The number of hydrogen-bond acceptors (Lipinski definition) is 3. The number of aromatic nitrogens is 1. The van der Waals surface area contributed by atoms with Crippen LogP contribution in [0.4, 0.5) is 101 Å². The van der Waals surface area contributed by atoms with Crippen LogP contribution in [0.1, 0.15) is 275 Å². The van der Waals surface area contributed by atoms with Gasteiger partial charge in [-0.25, -0.2) is 8.78 Å². The van der Waals surface area contributed by atoms with E-state index in [1.807, 2.05) is 75.3 Å². The van der Waals surface area contributed by atoms with Crippen molar-refractivity contribution in [2.45, 2.75) is 280 Å². The number of benzene rings is 7. The quantitative estimate of drug-likeness (QED) is 0.162. The minimum absolute atomic E-state index is 0.00431. The van der Waals surface area contributed by atoms with Gasteiger partial charge in [-0.05, 0) is 180 Å². The zero-order chi connectivity index (χ0) is 91.3. The van der Waals surface area contributed by atoms with Crippen molar-refractivity contribution < 1.29 is 110 Å². The molecule has 0 saturated heterocycles. The number of alkyl halides is 21. The standard InChI is InChI=1S/C13H20.C12H12F6.2C11H12ClF3.2C11H12F4.C11H13F3O.C8H13NO/c1-10(2)11-7-6-8-12(9-11)13(3,4)5;1-10(2,3)7-4-8(11(13,14)15)6-9(5-7)12(16,17)18;1-10(2,3)7-4-5-9(12)8(6-7)11(13,14)15;1-10(2,3)8-5-4-7(6-9(8)12)11(13,14)15;1-10(2,3)8-6-7(11(13,14)15)4-5-9(8)12;1-10(2,3)7-4-5-9(12)8(6-7)11(13,14)15;1-10(2,3)8-5-4-6-9(7-8)15-11(12,13)14;1-6-5-7(9-10-6)8(2,3)4/h6-10H,1-5H3;4-6H,1-3H3;4*4-6H,1-3H3;4-7H,1-3H3;5H,1-4H3. The maximum Gasteiger partial charge on any atom is 0.573 e. The minimum Gasteiger partial charge on any atom is -0.406 e. The smallest absolute Gasteiger partial charge is 0.406 e. The third-order valence-electron chi connectivity index (χ3n) is 16.7. The van der Waals surface area contributed by atoms with Crippen LogP contribution in [-0.4, -0.2) is 11.5 Å². The van der Waals surface area contributed by atoms with E-state index >= 15 is 0 Å². The van der Waals surface area contributed by atoms with Crippen LogP contribution in [-0.2, 0) is 80.4 Å². The van der Waals surface area contributed by atoms with Crippen LogP contribution in [0.5, 0.6) is 5.75 Å². The first kappa shape index (κ1) is 107. The molecule has 0 aliphatic rings. The molecular formula is C88H106Cl2F23NO2. The first-order valence-electron chi connectivity index (χ1n) is 36.1. The number of ether oxygens (including phenoxy) is 1. The van der Waals surface area contributed by atoms with Crippen molar-refractivity contribution in [1.29, 1.82) is 0 Å². The van der Waals surface area contributed by atoms with Crippen LogP contribution in [0.3, 0.4) is 0 Å². The fourth-order valence-electron chi connectivity index (χ4n) is 9.63. The summed E-state index contributed by atoms with van der Waals surface area (Å²) in [4.78, 5) is 0. The molecule has 0 spiro atoms. The van der Waals surface area contributed by atoms with E-state index in [-0.39, 0.29) is 60.1 Å². The molecular weight excluding hydrogens is 1610 g/mol. The van der Waals surface area contributed by atoms with Crippen LogP contribution in [0.2, 0.25) is 10.0 Å². The molecule has 0 unspecified atom stereocenters. The number of halogens is 25. The van der Waals surface area contributed by atoms with E-state index in [4.69, 9.17) is 27.7 Å². The van der Waals surface area contributed by atoms with Gasteiger partial charge in [0, 0.05) is 16.5 Å². The normalized spacial score (nSPS) is 12.9. The Morgan fingerprint density at radius 1 is 0.293 bits per heavy atom. The molecule has 0 bridgehead atoms. The molecule has 8 aromatic rings. The van der Waals surface area contributed by atoms with Crippen molar-refractivity contribution in [2.75, 3.05) is 0 Å². The van der Waals surface area contributed by atoms with Crippen LogP contribution in [0.15, 0.2) is 150 Å². The van der Waals surface area contributed by atoms with E-state index in [0.717, 1.165) is 83.2 Å². The maximum absolute atomic E-state index is 13.3. The molecule has 0 amide bonds. The molecule has 0 saturated carbocycles.